The van der Waals surface area contributed by atoms with Crippen LogP contribution in [-0.2, 0) is 6.42 Å². The average Bonchev–Trinajstić information content (AvgIpc) is 2.47. The molecule has 0 saturated heterocycles. The number of aryl methyl sites for hydroxylation is 1. The fourth-order valence-electron chi connectivity index (χ4n) is 3.27. The van der Waals surface area contributed by atoms with Crippen LogP contribution >= 0.6 is 0 Å². The van der Waals surface area contributed by atoms with Crippen LogP contribution in [0.4, 0.5) is 8.78 Å². The van der Waals surface area contributed by atoms with Gasteiger partial charge in [0.25, 0.3) is 0 Å². The molecule has 3 rings (SSSR count). The number of benzene rings is 2. The minimum atomic E-state index is -0.901. The minimum Gasteiger partial charge on any atom is -0.388 e. The van der Waals surface area contributed by atoms with Crippen molar-refractivity contribution in [1.29, 1.82) is 0 Å². The van der Waals surface area contributed by atoms with E-state index >= 15 is 0 Å². The zero-order chi connectivity index (χ0) is 14.8. The molecule has 1 aliphatic carbocycles. The maximum atomic E-state index is 13.8. The van der Waals surface area contributed by atoms with Crippen LogP contribution in [0, 0.1) is 11.6 Å². The van der Waals surface area contributed by atoms with E-state index in [0.29, 0.717) is 6.42 Å². The topological polar surface area (TPSA) is 20.2 Å². The lowest BCUT2D eigenvalue weighted by Gasteiger charge is -2.27. The Labute approximate surface area is 123 Å². The summed E-state index contributed by atoms with van der Waals surface area (Å²) in [6.07, 6.45) is 2.71. The molecule has 0 aromatic heterocycles. The second-order valence-electron chi connectivity index (χ2n) is 5.71. The molecule has 0 saturated carbocycles. The van der Waals surface area contributed by atoms with Crippen LogP contribution in [0.15, 0.2) is 42.5 Å². The van der Waals surface area contributed by atoms with Gasteiger partial charge in [0.1, 0.15) is 11.6 Å². The normalized spacial score (nSPS) is 19.1. The van der Waals surface area contributed by atoms with Gasteiger partial charge in [-0.3, -0.25) is 0 Å². The molecule has 0 spiro atoms. The van der Waals surface area contributed by atoms with Crippen molar-refractivity contribution >= 4 is 0 Å². The molecule has 0 radical (unpaired) electrons. The number of hydrogen-bond donors (Lipinski definition) is 1. The van der Waals surface area contributed by atoms with E-state index in [-0.39, 0.29) is 11.5 Å². The summed E-state index contributed by atoms with van der Waals surface area (Å²) in [5.41, 5.74) is 2.75. The van der Waals surface area contributed by atoms with E-state index in [9.17, 15) is 13.9 Å². The van der Waals surface area contributed by atoms with Crippen LogP contribution in [0.2, 0.25) is 0 Å². The molecule has 0 heterocycles. The van der Waals surface area contributed by atoms with Gasteiger partial charge in [0.15, 0.2) is 0 Å². The van der Waals surface area contributed by atoms with E-state index in [1.807, 2.05) is 12.1 Å². The Balaban J connectivity index is 1.81. The summed E-state index contributed by atoms with van der Waals surface area (Å²) in [4.78, 5) is 0. The van der Waals surface area contributed by atoms with Crippen molar-refractivity contribution in [3.8, 4) is 0 Å². The van der Waals surface area contributed by atoms with Crippen molar-refractivity contribution in [2.45, 2.75) is 37.7 Å². The van der Waals surface area contributed by atoms with Gasteiger partial charge in [0, 0.05) is 11.6 Å². The zero-order valence-electron chi connectivity index (χ0n) is 11.7. The molecule has 2 unspecified atom stereocenters. The second kappa shape index (κ2) is 5.94. The number of fused-ring (bicyclic) bond motifs is 1. The molecule has 2 aromatic carbocycles. The first-order chi connectivity index (χ1) is 10.1. The third-order valence-electron chi connectivity index (χ3n) is 4.32. The third kappa shape index (κ3) is 2.98. The van der Waals surface area contributed by atoms with E-state index in [0.717, 1.165) is 25.3 Å². The highest BCUT2D eigenvalue weighted by atomic mass is 19.1. The van der Waals surface area contributed by atoms with Gasteiger partial charge in [0.2, 0.25) is 0 Å². The molecule has 2 aromatic rings. The Bertz CT molecular complexity index is 639. The summed E-state index contributed by atoms with van der Waals surface area (Å²) in [5, 5.41) is 10.3. The lowest BCUT2D eigenvalue weighted by molar-refractivity contribution is 0.149. The summed E-state index contributed by atoms with van der Waals surface area (Å²) >= 11 is 0. The van der Waals surface area contributed by atoms with Gasteiger partial charge >= 0.3 is 0 Å². The summed E-state index contributed by atoms with van der Waals surface area (Å²) in [6.45, 7) is 0. The molecular formula is C18H18F2O. The fourth-order valence-corrected chi connectivity index (χ4v) is 3.27. The van der Waals surface area contributed by atoms with Gasteiger partial charge in [-0.15, -0.1) is 0 Å². The maximum Gasteiger partial charge on any atom is 0.131 e. The van der Waals surface area contributed by atoms with E-state index in [1.54, 1.807) is 0 Å². The van der Waals surface area contributed by atoms with Crippen LogP contribution < -0.4 is 0 Å². The number of halogens is 2. The van der Waals surface area contributed by atoms with Crippen molar-refractivity contribution in [2.75, 3.05) is 0 Å². The molecule has 1 aliphatic rings. The van der Waals surface area contributed by atoms with Gasteiger partial charge in [-0.2, -0.15) is 0 Å². The summed E-state index contributed by atoms with van der Waals surface area (Å²) in [7, 11) is 0. The Hall–Kier alpha value is -1.74. The van der Waals surface area contributed by atoms with Crippen molar-refractivity contribution in [3.63, 3.8) is 0 Å². The fraction of sp³-hybridized carbons (Fsp3) is 0.333. The summed E-state index contributed by atoms with van der Waals surface area (Å²) < 4.78 is 26.7. The standard InChI is InChI=1S/C18H18F2O/c19-14-8-9-16(17(20)11-14)18(21)10-13-6-3-5-12-4-1-2-7-15(12)13/h1-2,4,7-9,11,13,18,21H,3,5-6,10H2. The van der Waals surface area contributed by atoms with Crippen molar-refractivity contribution in [1.82, 2.24) is 0 Å². The first-order valence-corrected chi connectivity index (χ1v) is 7.36. The Morgan fingerprint density at radius 3 is 2.76 bits per heavy atom. The molecule has 0 fully saturated rings. The molecule has 21 heavy (non-hydrogen) atoms. The number of aliphatic hydroxyl groups excluding tert-OH is 1. The third-order valence-corrected chi connectivity index (χ3v) is 4.32. The van der Waals surface area contributed by atoms with E-state index < -0.39 is 17.7 Å². The summed E-state index contributed by atoms with van der Waals surface area (Å²) in [6, 6.07) is 11.6. The average molecular weight is 288 g/mol. The van der Waals surface area contributed by atoms with Gasteiger partial charge in [-0.1, -0.05) is 30.3 Å². The Morgan fingerprint density at radius 2 is 1.95 bits per heavy atom. The largest absolute Gasteiger partial charge is 0.388 e. The lowest BCUT2D eigenvalue weighted by atomic mass is 9.79. The highest BCUT2D eigenvalue weighted by Crippen LogP contribution is 2.38. The quantitative estimate of drug-likeness (QED) is 0.881. The van der Waals surface area contributed by atoms with Gasteiger partial charge in [0.05, 0.1) is 6.10 Å². The monoisotopic (exact) mass is 288 g/mol. The maximum absolute atomic E-state index is 13.8. The SMILES string of the molecule is OC(CC1CCCc2ccccc21)c1ccc(F)cc1F. The molecule has 1 N–H and O–H groups in total. The second-order valence-corrected chi connectivity index (χ2v) is 5.71. The van der Waals surface area contributed by atoms with Gasteiger partial charge in [-0.05, 0) is 48.8 Å². The number of rotatable bonds is 3. The predicted molar refractivity (Wildman–Crippen MR) is 78.1 cm³/mol. The lowest BCUT2D eigenvalue weighted by Crippen LogP contribution is -2.13. The molecular weight excluding hydrogens is 270 g/mol. The first kappa shape index (κ1) is 14.2. The number of aliphatic hydroxyl groups is 1. The molecule has 110 valence electrons. The van der Waals surface area contributed by atoms with Gasteiger partial charge < -0.3 is 5.11 Å². The minimum absolute atomic E-state index is 0.180. The highest BCUT2D eigenvalue weighted by molar-refractivity contribution is 5.33. The molecule has 2 atom stereocenters. The van der Waals surface area contributed by atoms with Crippen LogP contribution in [0.3, 0.4) is 0 Å². The van der Waals surface area contributed by atoms with E-state index in [2.05, 4.69) is 12.1 Å². The molecule has 3 heteroatoms. The Morgan fingerprint density at radius 1 is 1.14 bits per heavy atom. The zero-order valence-corrected chi connectivity index (χ0v) is 11.7. The Kier molecular flexibility index (Phi) is 4.02. The summed E-state index contributed by atoms with van der Waals surface area (Å²) in [5.74, 6) is -1.06. The molecule has 0 bridgehead atoms. The molecule has 0 amide bonds. The van der Waals surface area contributed by atoms with Crippen molar-refractivity contribution < 1.29 is 13.9 Å². The van der Waals surface area contributed by atoms with E-state index in [1.165, 1.54) is 23.3 Å². The smallest absolute Gasteiger partial charge is 0.131 e. The van der Waals surface area contributed by atoms with Crippen molar-refractivity contribution in [2.24, 2.45) is 0 Å². The van der Waals surface area contributed by atoms with E-state index in [4.69, 9.17) is 0 Å². The van der Waals surface area contributed by atoms with Crippen LogP contribution in [-0.4, -0.2) is 5.11 Å². The molecule has 0 aliphatic heterocycles. The number of hydrogen-bond acceptors (Lipinski definition) is 1. The van der Waals surface area contributed by atoms with Crippen LogP contribution in [0.1, 0.15) is 48.0 Å². The highest BCUT2D eigenvalue weighted by Gasteiger charge is 2.24. The predicted octanol–water partition coefficient (Wildman–Crippen LogP) is 4.51. The van der Waals surface area contributed by atoms with Crippen molar-refractivity contribution in [3.05, 3.63) is 70.8 Å². The first-order valence-electron chi connectivity index (χ1n) is 7.36. The molecule has 1 nitrogen and oxygen atoms in total. The van der Waals surface area contributed by atoms with Crippen LogP contribution in [0.25, 0.3) is 0 Å². The van der Waals surface area contributed by atoms with Gasteiger partial charge in [-0.25, -0.2) is 8.78 Å². The van der Waals surface area contributed by atoms with Crippen LogP contribution in [0.5, 0.6) is 0 Å².